The van der Waals surface area contributed by atoms with E-state index in [0.717, 1.165) is 0 Å². The van der Waals surface area contributed by atoms with Gasteiger partial charge in [-0.05, 0) is 31.0 Å². The predicted octanol–water partition coefficient (Wildman–Crippen LogP) is 2.64. The van der Waals surface area contributed by atoms with Crippen LogP contribution in [0, 0.1) is 5.92 Å². The summed E-state index contributed by atoms with van der Waals surface area (Å²) in [5, 5.41) is 9.30. The predicted molar refractivity (Wildman–Crippen MR) is 71.1 cm³/mol. The van der Waals surface area contributed by atoms with Gasteiger partial charge in [0.2, 0.25) is 0 Å². The fourth-order valence-electron chi connectivity index (χ4n) is 2.34. The van der Waals surface area contributed by atoms with Crippen LogP contribution in [0.2, 0.25) is 18.1 Å². The summed E-state index contributed by atoms with van der Waals surface area (Å²) in [4.78, 5) is 11.1. The van der Waals surface area contributed by atoms with Crippen LogP contribution in [0.3, 0.4) is 0 Å². The Labute approximate surface area is 110 Å². The van der Waals surface area contributed by atoms with E-state index in [1.54, 1.807) is 0 Å². The number of aliphatic carboxylic acids is 1. The standard InChI is InChI=1S/C13H24O4Si/c1-13(2,3)18(4,5)17-10-7-8(12(14)15)6-9-11(10)16-9/h8-11H,6-7H2,1-5H3,(H,14,15)/t8?,9?,10?,11-/m0/s1. The smallest absolute Gasteiger partial charge is 0.306 e. The lowest BCUT2D eigenvalue weighted by molar-refractivity contribution is -0.143. The second-order valence-corrected chi connectivity index (χ2v) is 11.8. The topological polar surface area (TPSA) is 59.1 Å². The summed E-state index contributed by atoms with van der Waals surface area (Å²) in [5.41, 5.74) is 0. The third kappa shape index (κ3) is 2.63. The van der Waals surface area contributed by atoms with Crippen molar-refractivity contribution in [3.8, 4) is 0 Å². The molecule has 0 bridgehead atoms. The van der Waals surface area contributed by atoms with Crippen LogP contribution in [-0.2, 0) is 14.0 Å². The number of hydrogen-bond donors (Lipinski definition) is 1. The molecule has 2 aliphatic rings. The Balaban J connectivity index is 2.03. The molecule has 5 heteroatoms. The van der Waals surface area contributed by atoms with Crippen molar-refractivity contribution in [1.29, 1.82) is 0 Å². The van der Waals surface area contributed by atoms with Gasteiger partial charge in [0.1, 0.15) is 6.10 Å². The van der Waals surface area contributed by atoms with Crippen LogP contribution in [0.15, 0.2) is 0 Å². The van der Waals surface area contributed by atoms with Gasteiger partial charge in [0.05, 0.1) is 18.1 Å². The van der Waals surface area contributed by atoms with Gasteiger partial charge in [-0.3, -0.25) is 4.79 Å². The summed E-state index contributed by atoms with van der Waals surface area (Å²) in [6, 6.07) is 0. The first kappa shape index (κ1) is 14.0. The molecule has 3 unspecified atom stereocenters. The third-order valence-corrected chi connectivity index (χ3v) is 9.13. The van der Waals surface area contributed by atoms with Crippen molar-refractivity contribution in [2.45, 2.75) is 70.1 Å². The maximum Gasteiger partial charge on any atom is 0.306 e. The van der Waals surface area contributed by atoms with Gasteiger partial charge in [0.25, 0.3) is 0 Å². The molecule has 1 aliphatic heterocycles. The number of rotatable bonds is 3. The van der Waals surface area contributed by atoms with Crippen LogP contribution in [0.5, 0.6) is 0 Å². The van der Waals surface area contributed by atoms with Crippen LogP contribution in [0.25, 0.3) is 0 Å². The normalized spacial score (nSPS) is 36.1. The van der Waals surface area contributed by atoms with Gasteiger partial charge >= 0.3 is 5.97 Å². The zero-order valence-corrected chi connectivity index (χ0v) is 12.9. The van der Waals surface area contributed by atoms with Gasteiger partial charge in [-0.15, -0.1) is 0 Å². The molecule has 4 atom stereocenters. The molecule has 0 aromatic rings. The zero-order valence-electron chi connectivity index (χ0n) is 11.9. The highest BCUT2D eigenvalue weighted by Gasteiger charge is 2.54. The minimum atomic E-state index is -1.84. The minimum Gasteiger partial charge on any atom is -0.481 e. The summed E-state index contributed by atoms with van der Waals surface area (Å²) in [6.07, 6.45) is 1.50. The van der Waals surface area contributed by atoms with Crippen LogP contribution < -0.4 is 0 Å². The molecule has 1 aliphatic carbocycles. The quantitative estimate of drug-likeness (QED) is 0.634. The Hall–Kier alpha value is -0.393. The number of hydrogen-bond acceptors (Lipinski definition) is 3. The molecule has 0 spiro atoms. The average Bonchev–Trinajstić information content (AvgIpc) is 2.93. The van der Waals surface area contributed by atoms with E-state index in [2.05, 4.69) is 33.9 Å². The minimum absolute atomic E-state index is 0.0225. The van der Waals surface area contributed by atoms with Crippen LogP contribution in [0.1, 0.15) is 33.6 Å². The average molecular weight is 272 g/mol. The molecule has 1 saturated carbocycles. The lowest BCUT2D eigenvalue weighted by atomic mass is 9.87. The molecular formula is C13H24O4Si. The van der Waals surface area contributed by atoms with E-state index in [1.165, 1.54) is 0 Å². The molecule has 0 aromatic heterocycles. The van der Waals surface area contributed by atoms with E-state index in [1.807, 2.05) is 0 Å². The molecule has 1 heterocycles. The first-order valence-corrected chi connectivity index (χ1v) is 9.59. The zero-order chi connectivity index (χ0) is 13.7. The Kier molecular flexibility index (Phi) is 3.36. The molecule has 4 nitrogen and oxygen atoms in total. The van der Waals surface area contributed by atoms with E-state index < -0.39 is 14.3 Å². The van der Waals surface area contributed by atoms with E-state index in [-0.39, 0.29) is 29.3 Å². The Morgan fingerprint density at radius 2 is 1.94 bits per heavy atom. The van der Waals surface area contributed by atoms with Gasteiger partial charge in [-0.25, -0.2) is 0 Å². The Morgan fingerprint density at radius 1 is 1.33 bits per heavy atom. The number of ether oxygens (including phenoxy) is 1. The number of carboxylic acid groups (broad SMARTS) is 1. The number of carbonyl (C=O) groups is 1. The molecule has 0 radical (unpaired) electrons. The van der Waals surface area contributed by atoms with Crippen LogP contribution >= 0.6 is 0 Å². The van der Waals surface area contributed by atoms with Crippen LogP contribution in [0.4, 0.5) is 0 Å². The highest BCUT2D eigenvalue weighted by molar-refractivity contribution is 6.74. The van der Waals surface area contributed by atoms with Gasteiger partial charge < -0.3 is 14.3 Å². The fraction of sp³-hybridized carbons (Fsp3) is 0.923. The summed E-state index contributed by atoms with van der Waals surface area (Å²) in [5.74, 6) is -1.02. The van der Waals surface area contributed by atoms with Crippen molar-refractivity contribution in [2.75, 3.05) is 0 Å². The van der Waals surface area contributed by atoms with Crippen molar-refractivity contribution < 1.29 is 19.1 Å². The first-order chi connectivity index (χ1) is 8.12. The van der Waals surface area contributed by atoms with Crippen molar-refractivity contribution in [3.05, 3.63) is 0 Å². The van der Waals surface area contributed by atoms with E-state index >= 15 is 0 Å². The fourth-order valence-corrected chi connectivity index (χ4v) is 3.68. The largest absolute Gasteiger partial charge is 0.481 e. The maximum atomic E-state index is 11.1. The van der Waals surface area contributed by atoms with Crippen molar-refractivity contribution in [2.24, 2.45) is 5.92 Å². The van der Waals surface area contributed by atoms with Gasteiger partial charge in [-0.2, -0.15) is 0 Å². The lowest BCUT2D eigenvalue weighted by Crippen LogP contribution is -2.47. The molecule has 0 amide bonds. The first-order valence-electron chi connectivity index (χ1n) is 6.68. The molecule has 1 N–H and O–H groups in total. The second-order valence-electron chi connectivity index (χ2n) is 7.06. The summed E-state index contributed by atoms with van der Waals surface area (Å²) < 4.78 is 11.9. The van der Waals surface area contributed by atoms with Gasteiger partial charge in [-0.1, -0.05) is 20.8 Å². The number of carboxylic acids is 1. The molecule has 2 fully saturated rings. The van der Waals surface area contributed by atoms with E-state index in [4.69, 9.17) is 14.3 Å². The van der Waals surface area contributed by atoms with Crippen molar-refractivity contribution >= 4 is 14.3 Å². The summed E-state index contributed by atoms with van der Waals surface area (Å²) >= 11 is 0. The Morgan fingerprint density at radius 3 is 2.44 bits per heavy atom. The lowest BCUT2D eigenvalue weighted by Gasteiger charge is -2.40. The highest BCUT2D eigenvalue weighted by atomic mass is 28.4. The molecule has 2 rings (SSSR count). The molecular weight excluding hydrogens is 248 g/mol. The Bertz CT molecular complexity index is 347. The monoisotopic (exact) mass is 272 g/mol. The molecule has 18 heavy (non-hydrogen) atoms. The van der Waals surface area contributed by atoms with E-state index in [9.17, 15) is 4.79 Å². The van der Waals surface area contributed by atoms with Crippen LogP contribution in [-0.4, -0.2) is 37.7 Å². The molecule has 0 aromatic carbocycles. The number of fused-ring (bicyclic) bond motifs is 1. The SMILES string of the molecule is CC(C)(C)[Si](C)(C)OC1CC(C(=O)O)CC2O[C@@H]21. The van der Waals surface area contributed by atoms with Gasteiger partial charge in [0.15, 0.2) is 8.32 Å². The van der Waals surface area contributed by atoms with Crippen molar-refractivity contribution in [1.82, 2.24) is 0 Å². The maximum absolute atomic E-state index is 11.1. The van der Waals surface area contributed by atoms with Crippen molar-refractivity contribution in [3.63, 3.8) is 0 Å². The second kappa shape index (κ2) is 4.32. The van der Waals surface area contributed by atoms with Gasteiger partial charge in [0, 0.05) is 0 Å². The summed E-state index contributed by atoms with van der Waals surface area (Å²) in [6.45, 7) is 11.0. The molecule has 1 saturated heterocycles. The third-order valence-electron chi connectivity index (χ3n) is 4.62. The van der Waals surface area contributed by atoms with E-state index in [0.29, 0.717) is 12.8 Å². The highest BCUT2D eigenvalue weighted by Crippen LogP contribution is 2.45. The molecule has 104 valence electrons. The summed E-state index contributed by atoms with van der Waals surface area (Å²) in [7, 11) is -1.84. The number of epoxide rings is 1.